The molecule has 1 atom stereocenters. The van der Waals surface area contributed by atoms with E-state index in [0.717, 1.165) is 12.5 Å². The van der Waals surface area contributed by atoms with Crippen LogP contribution in [-0.2, 0) is 20.3 Å². The highest BCUT2D eigenvalue weighted by molar-refractivity contribution is 7.89. The Kier molecular flexibility index (Phi) is 8.06. The molecule has 0 bridgehead atoms. The molecule has 13 heteroatoms. The molecular weight excluding hydrogens is 490 g/mol. The quantitative estimate of drug-likeness (QED) is 0.410. The highest BCUT2D eigenvalue weighted by Crippen LogP contribution is 2.37. The van der Waals surface area contributed by atoms with Crippen molar-refractivity contribution in [3.05, 3.63) is 39.6 Å². The van der Waals surface area contributed by atoms with Crippen molar-refractivity contribution in [2.75, 3.05) is 26.3 Å². The number of nitrogens with zero attached hydrogens (tertiary/aromatic N) is 4. The first-order valence-electron chi connectivity index (χ1n) is 11.7. The van der Waals surface area contributed by atoms with Gasteiger partial charge < -0.3 is 14.8 Å². The lowest BCUT2D eigenvalue weighted by molar-refractivity contribution is -0.385. The lowest BCUT2D eigenvalue weighted by Gasteiger charge is -2.27. The fourth-order valence-corrected chi connectivity index (χ4v) is 5.13. The summed E-state index contributed by atoms with van der Waals surface area (Å²) >= 11 is 0. The van der Waals surface area contributed by atoms with Gasteiger partial charge in [0.25, 0.3) is 11.6 Å². The van der Waals surface area contributed by atoms with E-state index >= 15 is 0 Å². The van der Waals surface area contributed by atoms with Crippen molar-refractivity contribution < 1.29 is 27.6 Å². The normalized spacial score (nSPS) is 15.9. The number of sulfonamides is 1. The third kappa shape index (κ3) is 5.68. The molecule has 0 saturated carbocycles. The predicted octanol–water partition coefficient (Wildman–Crippen LogP) is 3.20. The standard InChI is InChI=1S/C23H33N5O7S/c1-7-15(2)24-21(29)20-16(3)22(27(25-20)23(4,5)6)35-18-9-8-17(28(30)31)14-19(18)36(32,33)26-10-12-34-13-11-26/h8-9,14-15H,7,10-13H2,1-6H3,(H,24,29)/t15-/m1/s1. The van der Waals surface area contributed by atoms with Crippen molar-refractivity contribution in [2.45, 2.75) is 64.4 Å². The van der Waals surface area contributed by atoms with Gasteiger partial charge in [0.2, 0.25) is 15.9 Å². The second kappa shape index (κ2) is 10.5. The second-order valence-electron chi connectivity index (χ2n) is 9.65. The molecule has 36 heavy (non-hydrogen) atoms. The van der Waals surface area contributed by atoms with E-state index in [4.69, 9.17) is 9.47 Å². The fraction of sp³-hybridized carbons (Fsp3) is 0.565. The van der Waals surface area contributed by atoms with Gasteiger partial charge in [-0.3, -0.25) is 14.9 Å². The maximum absolute atomic E-state index is 13.5. The van der Waals surface area contributed by atoms with Crippen LogP contribution in [0.2, 0.25) is 0 Å². The maximum atomic E-state index is 13.5. The van der Waals surface area contributed by atoms with E-state index in [0.29, 0.717) is 5.56 Å². The molecule has 198 valence electrons. The monoisotopic (exact) mass is 523 g/mol. The van der Waals surface area contributed by atoms with E-state index in [1.165, 1.54) is 21.1 Å². The fourth-order valence-electron chi connectivity index (χ4n) is 3.59. The largest absolute Gasteiger partial charge is 0.438 e. The van der Waals surface area contributed by atoms with Crippen molar-refractivity contribution in [2.24, 2.45) is 0 Å². The molecule has 1 amide bonds. The summed E-state index contributed by atoms with van der Waals surface area (Å²) in [7, 11) is -4.14. The van der Waals surface area contributed by atoms with Crippen LogP contribution in [0, 0.1) is 17.0 Å². The summed E-state index contributed by atoms with van der Waals surface area (Å²) in [5, 5.41) is 18.8. The summed E-state index contributed by atoms with van der Waals surface area (Å²) in [5.41, 5.74) is -0.443. The molecule has 1 fully saturated rings. The topological polar surface area (TPSA) is 146 Å². The second-order valence-corrected chi connectivity index (χ2v) is 11.6. The molecule has 0 spiro atoms. The molecule has 3 rings (SSSR count). The van der Waals surface area contributed by atoms with Crippen LogP contribution in [0.1, 0.15) is 57.1 Å². The van der Waals surface area contributed by atoms with E-state index in [1.807, 2.05) is 34.6 Å². The Morgan fingerprint density at radius 2 is 1.94 bits per heavy atom. The van der Waals surface area contributed by atoms with Gasteiger partial charge in [-0.25, -0.2) is 13.1 Å². The molecule has 1 aliphatic heterocycles. The third-order valence-electron chi connectivity index (χ3n) is 5.84. The van der Waals surface area contributed by atoms with E-state index < -0.39 is 20.5 Å². The van der Waals surface area contributed by atoms with Crippen LogP contribution in [0.3, 0.4) is 0 Å². The molecule has 1 aliphatic rings. The van der Waals surface area contributed by atoms with Crippen molar-refractivity contribution >= 4 is 21.6 Å². The summed E-state index contributed by atoms with van der Waals surface area (Å²) in [6, 6.07) is 3.35. The number of aromatic nitrogens is 2. The number of morpholine rings is 1. The Morgan fingerprint density at radius 3 is 2.50 bits per heavy atom. The minimum absolute atomic E-state index is 0.0685. The SMILES string of the molecule is CC[C@@H](C)NC(=O)c1nn(C(C)(C)C)c(Oc2ccc([N+](=O)[O-])cc2S(=O)(=O)N2CCOCC2)c1C. The summed E-state index contributed by atoms with van der Waals surface area (Å²) in [4.78, 5) is 23.3. The van der Waals surface area contributed by atoms with E-state index in [2.05, 4.69) is 10.4 Å². The van der Waals surface area contributed by atoms with Gasteiger partial charge in [0.1, 0.15) is 10.6 Å². The number of benzene rings is 1. The van der Waals surface area contributed by atoms with Gasteiger partial charge in [-0.05, 0) is 47.1 Å². The number of carbonyl (C=O) groups is 1. The number of rotatable bonds is 8. The van der Waals surface area contributed by atoms with Gasteiger partial charge in [-0.1, -0.05) is 6.92 Å². The highest BCUT2D eigenvalue weighted by atomic mass is 32.2. The number of ether oxygens (including phenoxy) is 2. The Labute approximate surface area is 210 Å². The number of nitro benzene ring substituents is 1. The Balaban J connectivity index is 2.14. The van der Waals surface area contributed by atoms with Gasteiger partial charge >= 0.3 is 0 Å². The molecule has 0 unspecified atom stereocenters. The van der Waals surface area contributed by atoms with Gasteiger partial charge in [-0.2, -0.15) is 9.40 Å². The zero-order valence-corrected chi connectivity index (χ0v) is 22.2. The number of nitro groups is 1. The van der Waals surface area contributed by atoms with Crippen LogP contribution in [0.4, 0.5) is 5.69 Å². The van der Waals surface area contributed by atoms with Crippen LogP contribution >= 0.6 is 0 Å². The van der Waals surface area contributed by atoms with Crippen LogP contribution < -0.4 is 10.1 Å². The van der Waals surface area contributed by atoms with Crippen molar-refractivity contribution in [1.82, 2.24) is 19.4 Å². The number of non-ortho nitro benzene ring substituents is 1. The summed E-state index contributed by atoms with van der Waals surface area (Å²) in [6.45, 7) is 11.8. The number of amides is 1. The lowest BCUT2D eigenvalue weighted by Crippen LogP contribution is -2.40. The van der Waals surface area contributed by atoms with Gasteiger partial charge in [-0.15, -0.1) is 0 Å². The van der Waals surface area contributed by atoms with Gasteiger partial charge in [0.15, 0.2) is 5.69 Å². The number of hydrogen-bond donors (Lipinski definition) is 1. The molecule has 1 aromatic carbocycles. The van der Waals surface area contributed by atoms with Crippen LogP contribution in [0.25, 0.3) is 0 Å². The predicted molar refractivity (Wildman–Crippen MR) is 132 cm³/mol. The molecule has 0 radical (unpaired) electrons. The van der Waals surface area contributed by atoms with E-state index in [1.54, 1.807) is 6.92 Å². The van der Waals surface area contributed by atoms with Crippen molar-refractivity contribution in [3.8, 4) is 11.6 Å². The first kappa shape index (κ1) is 27.6. The van der Waals surface area contributed by atoms with E-state index in [9.17, 15) is 23.3 Å². The first-order valence-corrected chi connectivity index (χ1v) is 13.2. The zero-order valence-electron chi connectivity index (χ0n) is 21.4. The minimum atomic E-state index is -4.14. The van der Waals surface area contributed by atoms with Crippen LogP contribution in [-0.4, -0.2) is 65.7 Å². The van der Waals surface area contributed by atoms with Gasteiger partial charge in [0, 0.05) is 36.8 Å². The zero-order chi connectivity index (χ0) is 26.8. The molecule has 12 nitrogen and oxygen atoms in total. The summed E-state index contributed by atoms with van der Waals surface area (Å²) in [6.07, 6.45) is 0.736. The summed E-state index contributed by atoms with van der Waals surface area (Å²) < 4.78 is 41.1. The molecule has 0 aliphatic carbocycles. The van der Waals surface area contributed by atoms with Gasteiger partial charge in [0.05, 0.1) is 23.7 Å². The molecule has 2 heterocycles. The number of carbonyl (C=O) groups excluding carboxylic acids is 1. The Hall–Kier alpha value is -3.03. The smallest absolute Gasteiger partial charge is 0.272 e. The molecule has 1 N–H and O–H groups in total. The van der Waals surface area contributed by atoms with Crippen molar-refractivity contribution in [3.63, 3.8) is 0 Å². The number of hydrogen-bond acceptors (Lipinski definition) is 8. The Bertz CT molecular complexity index is 1240. The number of nitrogens with one attached hydrogen (secondary N) is 1. The van der Waals surface area contributed by atoms with Crippen LogP contribution in [0.5, 0.6) is 11.6 Å². The summed E-state index contributed by atoms with van der Waals surface area (Å²) in [5.74, 6) is -0.307. The Morgan fingerprint density at radius 1 is 1.31 bits per heavy atom. The molecular formula is C23H33N5O7S. The highest BCUT2D eigenvalue weighted by Gasteiger charge is 2.33. The average Bonchev–Trinajstić information content (AvgIpc) is 3.16. The third-order valence-corrected chi connectivity index (χ3v) is 7.76. The molecule has 1 aromatic heterocycles. The van der Waals surface area contributed by atoms with Crippen LogP contribution in [0.15, 0.2) is 23.1 Å². The lowest BCUT2D eigenvalue weighted by atomic mass is 10.1. The van der Waals surface area contributed by atoms with Crippen molar-refractivity contribution in [1.29, 1.82) is 0 Å². The first-order chi connectivity index (χ1) is 16.8. The molecule has 2 aromatic rings. The minimum Gasteiger partial charge on any atom is -0.438 e. The molecule has 1 saturated heterocycles. The van der Waals surface area contributed by atoms with E-state index in [-0.39, 0.29) is 66.2 Å². The average molecular weight is 524 g/mol. The maximum Gasteiger partial charge on any atom is 0.272 e.